The van der Waals surface area contributed by atoms with Gasteiger partial charge in [0.05, 0.1) is 28.6 Å². The molecule has 0 bridgehead atoms. The van der Waals surface area contributed by atoms with Crippen LogP contribution in [0.4, 0.5) is 0 Å². The molecule has 8 atom stereocenters. The largest absolute Gasteiger partial charge is 0.391 e. The summed E-state index contributed by atoms with van der Waals surface area (Å²) < 4.78 is 2.06. The van der Waals surface area contributed by atoms with E-state index in [2.05, 4.69) is 106 Å². The molecule has 4 aliphatic carbocycles. The van der Waals surface area contributed by atoms with Crippen molar-refractivity contribution in [2.45, 2.75) is 91.0 Å². The topological polar surface area (TPSA) is 55.1 Å². The normalized spacial score (nSPS) is 37.0. The molecule has 5 heteroatoms. The van der Waals surface area contributed by atoms with Crippen molar-refractivity contribution >= 4 is 35.6 Å². The van der Waals surface area contributed by atoms with Crippen LogP contribution in [0.3, 0.4) is 0 Å². The van der Waals surface area contributed by atoms with E-state index < -0.39 is 21.8 Å². The van der Waals surface area contributed by atoms with Crippen LogP contribution >= 0.6 is 11.6 Å². The number of fused-ring (bicyclic) bond motifs is 6. The van der Waals surface area contributed by atoms with E-state index in [0.717, 1.165) is 42.6 Å². The van der Waals surface area contributed by atoms with Gasteiger partial charge in [-0.1, -0.05) is 94.3 Å². The van der Waals surface area contributed by atoms with Gasteiger partial charge in [-0.25, -0.2) is 4.68 Å². The standard InChI is InChI=1S/C40H47ClN2O2/c1-7-35(44)39(6)26(3)19-33-32-18-17-30-21-34-29(22-37(30,4)40(32,41)36(45)23-38(33,39)5)24-42-43(34)31-10-8-9-28(20-31)16-15-27-13-11-25(2)12-14-27/h8-16,20-21,24,26,32-33,36,45H,7,17-19,22-23H2,1-6H3/b16-15+/t26-,32-,33-,36-,37-,38-,39+,40-/m0/s1. The number of carbonyl (C=O) groups excluding carboxylic acids is 1. The number of hydrogen-bond acceptors (Lipinski definition) is 3. The lowest BCUT2D eigenvalue weighted by atomic mass is 9.43. The molecule has 1 N–H and O–H groups in total. The average molecular weight is 623 g/mol. The number of halogens is 1. The summed E-state index contributed by atoms with van der Waals surface area (Å²) in [5, 5.41) is 17.1. The third-order valence-electron chi connectivity index (χ3n) is 13.3. The van der Waals surface area contributed by atoms with Crippen molar-refractivity contribution in [3.05, 3.63) is 88.2 Å². The van der Waals surface area contributed by atoms with Crippen molar-refractivity contribution in [2.75, 3.05) is 0 Å². The highest BCUT2D eigenvalue weighted by Crippen LogP contribution is 2.74. The van der Waals surface area contributed by atoms with Crippen molar-refractivity contribution in [2.24, 2.45) is 34.0 Å². The molecule has 4 aliphatic rings. The number of aliphatic hydroxyl groups excluding tert-OH is 1. The van der Waals surface area contributed by atoms with Crippen molar-refractivity contribution in [3.8, 4) is 5.69 Å². The summed E-state index contributed by atoms with van der Waals surface area (Å²) in [4.78, 5) is 12.7. The first-order chi connectivity index (χ1) is 21.4. The molecule has 3 saturated carbocycles. The van der Waals surface area contributed by atoms with Gasteiger partial charge < -0.3 is 5.11 Å². The fourth-order valence-corrected chi connectivity index (χ4v) is 10.9. The maximum atomic E-state index is 13.5. The summed E-state index contributed by atoms with van der Waals surface area (Å²) in [7, 11) is 0. The third-order valence-corrected chi connectivity index (χ3v) is 14.3. The molecule has 0 aliphatic heterocycles. The lowest BCUT2D eigenvalue weighted by Gasteiger charge is -2.65. The Morgan fingerprint density at radius 2 is 1.82 bits per heavy atom. The van der Waals surface area contributed by atoms with Crippen LogP contribution < -0.4 is 0 Å². The van der Waals surface area contributed by atoms with Gasteiger partial charge in [0.25, 0.3) is 0 Å². The van der Waals surface area contributed by atoms with Gasteiger partial charge in [-0.15, -0.1) is 11.6 Å². The first-order valence-corrected chi connectivity index (χ1v) is 17.3. The number of carbonyl (C=O) groups is 1. The van der Waals surface area contributed by atoms with Crippen LogP contribution in [-0.2, 0) is 11.2 Å². The molecule has 0 unspecified atom stereocenters. The molecule has 7 rings (SSSR count). The number of ketones is 1. The number of aromatic nitrogens is 2. The molecule has 45 heavy (non-hydrogen) atoms. The summed E-state index contributed by atoms with van der Waals surface area (Å²) in [6.45, 7) is 13.1. The van der Waals surface area contributed by atoms with E-state index in [1.54, 1.807) is 0 Å². The van der Waals surface area contributed by atoms with E-state index >= 15 is 0 Å². The van der Waals surface area contributed by atoms with E-state index in [0.29, 0.717) is 24.5 Å². The maximum absolute atomic E-state index is 13.5. The fraction of sp³-hybridized carbons (Fsp3) is 0.500. The van der Waals surface area contributed by atoms with Gasteiger partial charge in [0.2, 0.25) is 0 Å². The second-order valence-corrected chi connectivity index (χ2v) is 15.9. The minimum atomic E-state index is -0.790. The lowest BCUT2D eigenvalue weighted by Crippen LogP contribution is -2.68. The molecule has 0 spiro atoms. The van der Waals surface area contributed by atoms with Crippen molar-refractivity contribution in [1.82, 2.24) is 9.78 Å². The van der Waals surface area contributed by atoms with E-state index in [1.807, 2.05) is 13.1 Å². The minimum Gasteiger partial charge on any atom is -0.391 e. The number of alkyl halides is 1. The van der Waals surface area contributed by atoms with Crippen LogP contribution in [-0.4, -0.2) is 31.6 Å². The van der Waals surface area contributed by atoms with E-state index in [4.69, 9.17) is 16.7 Å². The number of rotatable bonds is 5. The monoisotopic (exact) mass is 622 g/mol. The Kier molecular flexibility index (Phi) is 7.19. The molecule has 0 radical (unpaired) electrons. The Labute approximate surface area is 273 Å². The number of nitrogens with zero attached hydrogens (tertiary/aromatic N) is 2. The van der Waals surface area contributed by atoms with Crippen LogP contribution in [0.2, 0.25) is 0 Å². The van der Waals surface area contributed by atoms with Crippen molar-refractivity contribution < 1.29 is 9.90 Å². The molecule has 0 amide bonds. The van der Waals surface area contributed by atoms with Crippen LogP contribution in [0, 0.1) is 40.9 Å². The van der Waals surface area contributed by atoms with Crippen LogP contribution in [0.5, 0.6) is 0 Å². The molecule has 4 nitrogen and oxygen atoms in total. The molecule has 2 aromatic carbocycles. The Morgan fingerprint density at radius 1 is 1.09 bits per heavy atom. The Morgan fingerprint density at radius 3 is 2.56 bits per heavy atom. The Bertz CT molecular complexity index is 1720. The van der Waals surface area contributed by atoms with Gasteiger partial charge in [0.15, 0.2) is 0 Å². The van der Waals surface area contributed by atoms with E-state index in [9.17, 15) is 9.90 Å². The van der Waals surface area contributed by atoms with E-state index in [-0.39, 0.29) is 17.3 Å². The summed E-state index contributed by atoms with van der Waals surface area (Å²) >= 11 is 7.92. The number of aryl methyl sites for hydroxylation is 1. The van der Waals surface area contributed by atoms with E-state index in [1.165, 1.54) is 22.3 Å². The maximum Gasteiger partial charge on any atom is 0.139 e. The molecular weight excluding hydrogens is 576 g/mol. The number of hydrogen-bond donors (Lipinski definition) is 1. The predicted molar refractivity (Wildman–Crippen MR) is 184 cm³/mol. The lowest BCUT2D eigenvalue weighted by molar-refractivity contribution is -0.153. The van der Waals surface area contributed by atoms with Gasteiger partial charge in [-0.2, -0.15) is 5.10 Å². The molecule has 236 valence electrons. The molecule has 3 aromatic rings. The van der Waals surface area contributed by atoms with Crippen molar-refractivity contribution in [1.29, 1.82) is 0 Å². The molecule has 0 saturated heterocycles. The van der Waals surface area contributed by atoms with Gasteiger partial charge >= 0.3 is 0 Å². The minimum absolute atomic E-state index is 0.151. The molecule has 3 fully saturated rings. The van der Waals surface area contributed by atoms with Crippen LogP contribution in [0.1, 0.15) is 94.7 Å². The van der Waals surface area contributed by atoms with Gasteiger partial charge in [0.1, 0.15) is 5.78 Å². The Balaban J connectivity index is 1.22. The van der Waals surface area contributed by atoms with Gasteiger partial charge in [-0.05, 0) is 97.1 Å². The molecule has 1 aromatic heterocycles. The zero-order valence-electron chi connectivity index (χ0n) is 27.6. The third kappa shape index (κ3) is 4.20. The number of Topliss-reactive ketones (excluding diaryl/α,β-unsaturated/α-hetero) is 1. The second-order valence-electron chi connectivity index (χ2n) is 15.3. The first kappa shape index (κ1) is 30.7. The predicted octanol–water partition coefficient (Wildman–Crippen LogP) is 9.10. The summed E-state index contributed by atoms with van der Waals surface area (Å²) in [5.41, 5.74) is 7.11. The summed E-state index contributed by atoms with van der Waals surface area (Å²) in [6.07, 6.45) is 12.7. The molecular formula is C40H47ClN2O2. The quantitative estimate of drug-likeness (QED) is 0.228. The zero-order valence-corrected chi connectivity index (χ0v) is 28.4. The summed E-state index contributed by atoms with van der Waals surface area (Å²) in [6, 6.07) is 17.1. The Hall–Kier alpha value is -2.95. The fourth-order valence-electron chi connectivity index (χ4n) is 10.4. The second kappa shape index (κ2) is 10.5. The van der Waals surface area contributed by atoms with Gasteiger partial charge in [0, 0.05) is 17.3 Å². The zero-order chi connectivity index (χ0) is 31.9. The summed E-state index contributed by atoms with van der Waals surface area (Å²) in [5.74, 6) is 1.07. The number of benzene rings is 2. The first-order valence-electron chi connectivity index (χ1n) is 16.9. The van der Waals surface area contributed by atoms with Crippen LogP contribution in [0.15, 0.2) is 60.3 Å². The van der Waals surface area contributed by atoms with Gasteiger partial charge in [-0.3, -0.25) is 4.79 Å². The highest BCUT2D eigenvalue weighted by atomic mass is 35.5. The average Bonchev–Trinajstić information content (AvgIpc) is 3.51. The van der Waals surface area contributed by atoms with Crippen LogP contribution in [0.25, 0.3) is 23.9 Å². The molecule has 1 heterocycles. The highest BCUT2D eigenvalue weighted by Gasteiger charge is 2.73. The smallest absolute Gasteiger partial charge is 0.139 e. The highest BCUT2D eigenvalue weighted by molar-refractivity contribution is 6.26. The number of allylic oxidation sites excluding steroid dienone is 1. The van der Waals surface area contributed by atoms with Crippen molar-refractivity contribution in [3.63, 3.8) is 0 Å². The SMILES string of the molecule is CCC(=O)[C@@]1(C)[C@@H](C)C[C@H]2[C@@H]3CCC4=Cc5c(cnn5-c5cccc(/C=C/c6ccc(C)cc6)c5)C[C@]4(C)[C@@]3(Cl)[C@@H](O)C[C@@]21C. The number of aliphatic hydroxyl groups is 1.